The minimum atomic E-state index is -0.140. The lowest BCUT2D eigenvalue weighted by molar-refractivity contribution is 0.256. The normalized spacial score (nSPS) is 13.5. The van der Waals surface area contributed by atoms with Crippen LogP contribution < -0.4 is 15.1 Å². The van der Waals surface area contributed by atoms with Crippen LogP contribution in [0.3, 0.4) is 0 Å². The van der Waals surface area contributed by atoms with Crippen LogP contribution >= 0.6 is 0 Å². The average molecular weight is 294 g/mol. The molecule has 1 aromatic heterocycles. The van der Waals surface area contributed by atoms with Crippen molar-refractivity contribution in [2.75, 3.05) is 34.8 Å². The minimum absolute atomic E-state index is 0.140. The molecule has 3 rings (SSSR count). The Morgan fingerprint density at radius 2 is 2.05 bits per heavy atom. The number of rotatable bonds is 3. The first-order valence-electron chi connectivity index (χ1n) is 7.24. The highest BCUT2D eigenvalue weighted by Crippen LogP contribution is 2.30. The maximum Gasteiger partial charge on any atom is 0.326 e. The summed E-state index contributed by atoms with van der Waals surface area (Å²) in [4.78, 5) is 20.8. The van der Waals surface area contributed by atoms with Crippen LogP contribution in [-0.2, 0) is 0 Å². The highest BCUT2D eigenvalue weighted by molar-refractivity contribution is 6.04. The molecule has 1 N–H and O–H groups in total. The molecule has 0 bridgehead atoms. The molecule has 22 heavy (non-hydrogen) atoms. The Morgan fingerprint density at radius 3 is 2.82 bits per heavy atom. The smallest absolute Gasteiger partial charge is 0.326 e. The summed E-state index contributed by atoms with van der Waals surface area (Å²) in [6.07, 6.45) is 3.59. The topological polar surface area (TPSA) is 48.5 Å². The second-order valence-corrected chi connectivity index (χ2v) is 5.03. The molecule has 0 fully saturated rings. The second-order valence-electron chi connectivity index (χ2n) is 5.03. The molecule has 1 aromatic carbocycles. The van der Waals surface area contributed by atoms with Gasteiger partial charge in [0.1, 0.15) is 0 Å². The third-order valence-electron chi connectivity index (χ3n) is 3.57. The van der Waals surface area contributed by atoms with E-state index in [1.165, 1.54) is 0 Å². The third-order valence-corrected chi connectivity index (χ3v) is 3.57. The predicted octanol–water partition coefficient (Wildman–Crippen LogP) is 3.13. The summed E-state index contributed by atoms with van der Waals surface area (Å²) in [7, 11) is 0. The molecule has 1 aliphatic rings. The van der Waals surface area contributed by atoms with Crippen LogP contribution in [0.2, 0.25) is 0 Å². The van der Waals surface area contributed by atoms with E-state index < -0.39 is 0 Å². The number of nitrogens with one attached hydrogen (secondary N) is 1. The maximum absolute atomic E-state index is 12.5. The third kappa shape index (κ3) is 2.79. The summed E-state index contributed by atoms with van der Waals surface area (Å²) in [6.45, 7) is 5.85. The molecule has 2 amide bonds. The van der Waals surface area contributed by atoms with Gasteiger partial charge in [-0.15, -0.1) is 6.58 Å². The van der Waals surface area contributed by atoms with Gasteiger partial charge < -0.3 is 10.2 Å². The Hall–Kier alpha value is -2.82. The zero-order chi connectivity index (χ0) is 15.4. The molecule has 2 aromatic rings. The highest BCUT2D eigenvalue weighted by Gasteiger charge is 2.27. The van der Waals surface area contributed by atoms with Gasteiger partial charge in [-0.2, -0.15) is 0 Å². The van der Waals surface area contributed by atoms with Crippen LogP contribution in [0, 0.1) is 0 Å². The Balaban J connectivity index is 1.84. The number of nitrogens with zero attached hydrogens (tertiary/aromatic N) is 3. The van der Waals surface area contributed by atoms with Crippen LogP contribution in [0.4, 0.5) is 22.0 Å². The van der Waals surface area contributed by atoms with Crippen molar-refractivity contribution in [3.63, 3.8) is 0 Å². The molecule has 0 atom stereocenters. The fourth-order valence-electron chi connectivity index (χ4n) is 2.55. The van der Waals surface area contributed by atoms with Crippen molar-refractivity contribution < 1.29 is 4.79 Å². The van der Waals surface area contributed by atoms with Crippen molar-refractivity contribution >= 4 is 23.2 Å². The lowest BCUT2D eigenvalue weighted by atomic mass is 10.2. The van der Waals surface area contributed by atoms with E-state index in [9.17, 15) is 4.79 Å². The molecular formula is C17H18N4O. The SMILES string of the molecule is C=CCN1CCN(C(=O)Nc2ccccc2)c2cccnc21. The van der Waals surface area contributed by atoms with Crippen molar-refractivity contribution in [3.05, 3.63) is 61.3 Å². The van der Waals surface area contributed by atoms with Gasteiger partial charge >= 0.3 is 6.03 Å². The van der Waals surface area contributed by atoms with E-state index in [2.05, 4.69) is 21.8 Å². The minimum Gasteiger partial charge on any atom is -0.349 e. The summed E-state index contributed by atoms with van der Waals surface area (Å²) in [5.74, 6) is 0.817. The average Bonchev–Trinajstić information content (AvgIpc) is 2.56. The van der Waals surface area contributed by atoms with Crippen molar-refractivity contribution in [1.82, 2.24) is 4.98 Å². The first-order chi connectivity index (χ1) is 10.8. The molecule has 2 heterocycles. The van der Waals surface area contributed by atoms with E-state index in [0.29, 0.717) is 6.54 Å². The number of amides is 2. The van der Waals surface area contributed by atoms with Gasteiger partial charge in [-0.3, -0.25) is 4.90 Å². The standard InChI is InChI=1S/C17H18N4O/c1-2-11-20-12-13-21(15-9-6-10-18-16(15)20)17(22)19-14-7-4-3-5-8-14/h2-10H,1,11-13H2,(H,19,22). The number of carbonyl (C=O) groups is 1. The summed E-state index contributed by atoms with van der Waals surface area (Å²) in [5.41, 5.74) is 1.61. The van der Waals surface area contributed by atoms with E-state index in [1.54, 1.807) is 11.1 Å². The Labute approximate surface area is 129 Å². The van der Waals surface area contributed by atoms with Crippen LogP contribution in [0.5, 0.6) is 0 Å². The summed E-state index contributed by atoms with van der Waals surface area (Å²) < 4.78 is 0. The Bertz CT molecular complexity index is 671. The van der Waals surface area contributed by atoms with Gasteiger partial charge in [0.2, 0.25) is 0 Å². The monoisotopic (exact) mass is 294 g/mol. The number of hydrogen-bond acceptors (Lipinski definition) is 3. The van der Waals surface area contributed by atoms with Crippen LogP contribution in [0.25, 0.3) is 0 Å². The number of pyridine rings is 1. The van der Waals surface area contributed by atoms with Gasteiger partial charge in [0, 0.05) is 31.5 Å². The quantitative estimate of drug-likeness (QED) is 0.885. The van der Waals surface area contributed by atoms with Crippen molar-refractivity contribution in [2.45, 2.75) is 0 Å². The Kier molecular flexibility index (Phi) is 4.05. The van der Waals surface area contributed by atoms with E-state index in [0.717, 1.165) is 30.3 Å². The number of aromatic nitrogens is 1. The van der Waals surface area contributed by atoms with Crippen LogP contribution in [-0.4, -0.2) is 30.6 Å². The van der Waals surface area contributed by atoms with Gasteiger partial charge in [0.15, 0.2) is 5.82 Å². The van der Waals surface area contributed by atoms with Gasteiger partial charge in [-0.25, -0.2) is 9.78 Å². The van der Waals surface area contributed by atoms with Gasteiger partial charge in [-0.1, -0.05) is 24.3 Å². The molecule has 0 saturated heterocycles. The highest BCUT2D eigenvalue weighted by atomic mass is 16.2. The molecule has 0 spiro atoms. The molecule has 5 heteroatoms. The molecule has 0 unspecified atom stereocenters. The van der Waals surface area contributed by atoms with Crippen molar-refractivity contribution in [1.29, 1.82) is 0 Å². The van der Waals surface area contributed by atoms with E-state index in [-0.39, 0.29) is 6.03 Å². The molecule has 0 aliphatic carbocycles. The summed E-state index contributed by atoms with van der Waals surface area (Å²) in [5, 5.41) is 2.92. The first kappa shape index (κ1) is 14.1. The van der Waals surface area contributed by atoms with Crippen LogP contribution in [0.1, 0.15) is 0 Å². The zero-order valence-electron chi connectivity index (χ0n) is 12.3. The first-order valence-corrected chi connectivity index (χ1v) is 7.24. The summed E-state index contributed by atoms with van der Waals surface area (Å²) >= 11 is 0. The van der Waals surface area contributed by atoms with E-state index >= 15 is 0 Å². The van der Waals surface area contributed by atoms with Crippen molar-refractivity contribution in [2.24, 2.45) is 0 Å². The van der Waals surface area contributed by atoms with E-state index in [1.807, 2.05) is 48.5 Å². The second kappa shape index (κ2) is 6.30. The Morgan fingerprint density at radius 1 is 1.23 bits per heavy atom. The maximum atomic E-state index is 12.5. The van der Waals surface area contributed by atoms with Gasteiger partial charge in [0.05, 0.1) is 5.69 Å². The molecular weight excluding hydrogens is 276 g/mol. The molecule has 0 saturated carbocycles. The molecule has 112 valence electrons. The van der Waals surface area contributed by atoms with Gasteiger partial charge in [-0.05, 0) is 24.3 Å². The number of carbonyl (C=O) groups excluding carboxylic acids is 1. The van der Waals surface area contributed by atoms with Crippen molar-refractivity contribution in [3.8, 4) is 0 Å². The molecule has 1 aliphatic heterocycles. The van der Waals surface area contributed by atoms with Gasteiger partial charge in [0.25, 0.3) is 0 Å². The lowest BCUT2D eigenvalue weighted by Gasteiger charge is -2.36. The zero-order valence-corrected chi connectivity index (χ0v) is 12.3. The number of para-hydroxylation sites is 1. The molecule has 0 radical (unpaired) electrons. The van der Waals surface area contributed by atoms with E-state index in [4.69, 9.17) is 0 Å². The number of anilines is 3. The van der Waals surface area contributed by atoms with Crippen LogP contribution in [0.15, 0.2) is 61.3 Å². The fourth-order valence-corrected chi connectivity index (χ4v) is 2.55. The molecule has 5 nitrogen and oxygen atoms in total. The fraction of sp³-hybridized carbons (Fsp3) is 0.176. The number of benzene rings is 1. The summed E-state index contributed by atoms with van der Waals surface area (Å²) in [6, 6.07) is 13.1. The number of urea groups is 1. The lowest BCUT2D eigenvalue weighted by Crippen LogP contribution is -2.46. The predicted molar refractivity (Wildman–Crippen MR) is 89.5 cm³/mol. The largest absolute Gasteiger partial charge is 0.349 e. The number of hydrogen-bond donors (Lipinski definition) is 1. The number of fused-ring (bicyclic) bond motifs is 1.